The summed E-state index contributed by atoms with van der Waals surface area (Å²) in [5.74, 6) is -3.17. The van der Waals surface area contributed by atoms with Crippen LogP contribution in [0, 0.1) is 0 Å². The first-order chi connectivity index (χ1) is 22.0. The smallest absolute Gasteiger partial charge is 0.220 e. The maximum Gasteiger partial charge on any atom is 0.220 e. The molecule has 6 nitrogen and oxygen atoms in total. The number of fused-ring (bicyclic) bond motifs is 1. The Labute approximate surface area is 204 Å². The van der Waals surface area contributed by atoms with Crippen LogP contribution in [0.25, 0.3) is 0 Å². The number of hydrogen-bond donors (Lipinski definition) is 2. The standard InChI is InChI=1S/C23H36N2O4/c1-2-3-4-5-6-9-22(26)24-19(17-25-12-7-8-13-25)23(27)18-10-11-20-21(16-18)29-15-14-28-20/h10-11,16,19,23,27H,2-9,12-15,17H2,1H3,(H,24,26)/t19-,23-/m1/s1/i1D3,2D2,3D2,4D2,5D2,6D2,9D2,14D2,15D2,19D,23D. The van der Waals surface area contributed by atoms with Crippen molar-refractivity contribution < 1.29 is 48.2 Å². The van der Waals surface area contributed by atoms with Crippen LogP contribution >= 0.6 is 0 Å². The fraction of sp³-hybridized carbons (Fsp3) is 0.696. The van der Waals surface area contributed by atoms with E-state index in [9.17, 15) is 9.90 Å². The third-order valence-corrected chi connectivity index (χ3v) is 4.14. The van der Waals surface area contributed by atoms with Gasteiger partial charge in [-0.25, -0.2) is 0 Å². The first kappa shape index (κ1) is 7.41. The minimum atomic E-state index is -4.54. The summed E-state index contributed by atoms with van der Waals surface area (Å²) < 4.78 is 178. The number of carbonyl (C=O) groups excluding carboxylic acids is 1. The maximum absolute atomic E-state index is 13.6. The highest BCUT2D eigenvalue weighted by molar-refractivity contribution is 5.76. The minimum Gasteiger partial charge on any atom is -0.486 e. The molecule has 2 atom stereocenters. The van der Waals surface area contributed by atoms with Gasteiger partial charge in [-0.2, -0.15) is 0 Å². The van der Waals surface area contributed by atoms with Crippen LogP contribution < -0.4 is 14.8 Å². The Bertz CT molecular complexity index is 1460. The summed E-state index contributed by atoms with van der Waals surface area (Å²) in [4.78, 5) is 15.1. The summed E-state index contributed by atoms with van der Waals surface area (Å²) in [5, 5.41) is 13.3. The summed E-state index contributed by atoms with van der Waals surface area (Å²) in [7, 11) is 0. The molecule has 2 aliphatic heterocycles. The Balaban J connectivity index is 2.09. The van der Waals surface area contributed by atoms with Gasteiger partial charge in [-0.1, -0.05) is 38.4 Å². The molecule has 2 heterocycles. The zero-order chi connectivity index (χ0) is 39.2. The quantitative estimate of drug-likeness (QED) is 0.568. The van der Waals surface area contributed by atoms with E-state index in [0.717, 1.165) is 18.2 Å². The molecule has 0 aliphatic carbocycles. The molecule has 1 fully saturated rings. The van der Waals surface area contributed by atoms with Crippen LogP contribution in [0.1, 0.15) is 98.4 Å². The molecule has 3 rings (SSSR count). The molecule has 0 aromatic heterocycles. The average Bonchev–Trinajstić information content (AvgIpc) is 3.44. The number of amides is 1. The number of hydrogen-bond acceptors (Lipinski definition) is 5. The first-order valence-corrected chi connectivity index (χ1v) is 8.78. The van der Waals surface area contributed by atoms with Gasteiger partial charge in [-0.05, 0) is 50.0 Å². The number of aliphatic hydroxyl groups is 1. The lowest BCUT2D eigenvalue weighted by molar-refractivity contribution is -0.123. The van der Waals surface area contributed by atoms with Crippen molar-refractivity contribution >= 4 is 5.91 Å². The number of nitrogens with one attached hydrogen (secondary N) is 1. The zero-order valence-corrected chi connectivity index (χ0v) is 15.4. The predicted octanol–water partition coefficient (Wildman–Crippen LogP) is 3.43. The predicted molar refractivity (Wildman–Crippen MR) is 113 cm³/mol. The number of nitrogens with zero attached hydrogens (tertiary/aromatic N) is 1. The van der Waals surface area contributed by atoms with E-state index in [1.165, 1.54) is 4.90 Å². The second-order valence-electron chi connectivity index (χ2n) is 6.08. The molecule has 0 unspecified atom stereocenters. The van der Waals surface area contributed by atoms with E-state index in [-0.39, 0.29) is 18.8 Å². The third-order valence-electron chi connectivity index (χ3n) is 4.14. The molecule has 1 amide bonds. The highest BCUT2D eigenvalue weighted by atomic mass is 16.6. The van der Waals surface area contributed by atoms with E-state index < -0.39 is 94.1 Å². The van der Waals surface area contributed by atoms with Crippen LogP contribution in [0.2, 0.25) is 0 Å². The molecular formula is C23H36N2O4. The van der Waals surface area contributed by atoms with Gasteiger partial charge in [0.05, 0.1) is 14.2 Å². The Morgan fingerprint density at radius 2 is 2.03 bits per heavy atom. The molecule has 2 N–H and O–H groups in total. The normalized spacial score (nSPS) is 38.2. The third kappa shape index (κ3) is 6.61. The first-order valence-electron chi connectivity index (χ1n) is 19.3. The highest BCUT2D eigenvalue weighted by Crippen LogP contribution is 2.33. The van der Waals surface area contributed by atoms with Crippen molar-refractivity contribution in [2.75, 3.05) is 32.8 Å². The van der Waals surface area contributed by atoms with Gasteiger partial charge in [0.1, 0.15) is 19.2 Å². The minimum absolute atomic E-state index is 0.250. The van der Waals surface area contributed by atoms with E-state index in [2.05, 4.69) is 0 Å². The second-order valence-corrected chi connectivity index (χ2v) is 6.08. The van der Waals surface area contributed by atoms with Crippen molar-refractivity contribution in [1.29, 1.82) is 0 Å². The topological polar surface area (TPSA) is 71.0 Å². The Kier molecular flexibility index (Phi) is 2.92. The van der Waals surface area contributed by atoms with E-state index in [0.29, 0.717) is 12.8 Å². The van der Waals surface area contributed by atoms with Gasteiger partial charge >= 0.3 is 0 Å². The lowest BCUT2D eigenvalue weighted by Crippen LogP contribution is -2.46. The summed E-state index contributed by atoms with van der Waals surface area (Å²) >= 11 is 0. The molecule has 0 spiro atoms. The molecule has 1 saturated heterocycles. The van der Waals surface area contributed by atoms with Crippen LogP contribution in [0.4, 0.5) is 0 Å². The van der Waals surface area contributed by atoms with Crippen LogP contribution in [-0.2, 0) is 4.79 Å². The lowest BCUT2D eigenvalue weighted by Gasteiger charge is -2.29. The van der Waals surface area contributed by atoms with Gasteiger partial charge in [-0.15, -0.1) is 0 Å². The van der Waals surface area contributed by atoms with Gasteiger partial charge in [-0.3, -0.25) is 4.79 Å². The van der Waals surface area contributed by atoms with E-state index in [1.807, 2.05) is 0 Å². The summed E-state index contributed by atoms with van der Waals surface area (Å²) in [6.07, 6.45) is -28.7. The van der Waals surface area contributed by atoms with E-state index >= 15 is 0 Å². The van der Waals surface area contributed by atoms with Crippen molar-refractivity contribution in [2.24, 2.45) is 0 Å². The van der Waals surface area contributed by atoms with E-state index in [1.54, 1.807) is 5.32 Å². The fourth-order valence-corrected chi connectivity index (χ4v) is 2.83. The Morgan fingerprint density at radius 3 is 2.83 bits per heavy atom. The van der Waals surface area contributed by atoms with Crippen LogP contribution in [0.15, 0.2) is 18.2 Å². The van der Waals surface area contributed by atoms with Crippen molar-refractivity contribution in [2.45, 2.75) is 70.0 Å². The fourth-order valence-electron chi connectivity index (χ4n) is 2.83. The Hall–Kier alpha value is -1.79. The summed E-state index contributed by atoms with van der Waals surface area (Å²) in [6, 6.07) is -0.436. The van der Waals surface area contributed by atoms with Crippen LogP contribution in [0.5, 0.6) is 11.5 Å². The van der Waals surface area contributed by atoms with Gasteiger partial charge in [0, 0.05) is 33.5 Å². The SMILES string of the molecule is [2H]C([2H])([2H])C([2H])([2H])C([2H])([2H])C([2H])([2H])C([2H])([2H])C([2H])([2H])C([2H])([2H])C(=O)N[C@]([2H])(CN1CCCC1)[C@]([2H])(O)c1ccc2c(c1)OC([2H])([2H])C([2H])([2H])O2. The van der Waals surface area contributed by atoms with Crippen molar-refractivity contribution in [3.63, 3.8) is 0 Å². The molecular weight excluding hydrogens is 368 g/mol. The molecule has 0 saturated carbocycles. The second kappa shape index (κ2) is 11.4. The van der Waals surface area contributed by atoms with Gasteiger partial charge in [0.15, 0.2) is 11.5 Å². The zero-order valence-electron chi connectivity index (χ0n) is 36.4. The van der Waals surface area contributed by atoms with Crippen molar-refractivity contribution in [3.05, 3.63) is 23.8 Å². The number of ether oxygens (including phenoxy) is 2. The van der Waals surface area contributed by atoms with Crippen LogP contribution in [-0.4, -0.2) is 54.7 Å². The van der Waals surface area contributed by atoms with Gasteiger partial charge in [0.2, 0.25) is 5.91 Å². The molecule has 1 aromatic rings. The Morgan fingerprint density at radius 1 is 1.28 bits per heavy atom. The molecule has 6 heteroatoms. The molecule has 162 valence electrons. The number of benzene rings is 1. The highest BCUT2D eigenvalue weighted by Gasteiger charge is 2.27. The van der Waals surface area contributed by atoms with Gasteiger partial charge in [0.25, 0.3) is 0 Å². The monoisotopic (exact) mass is 425 g/mol. The van der Waals surface area contributed by atoms with Gasteiger partial charge < -0.3 is 24.8 Å². The number of likely N-dealkylation sites (tertiary alicyclic amines) is 1. The van der Waals surface area contributed by atoms with Crippen molar-refractivity contribution in [3.8, 4) is 11.5 Å². The summed E-state index contributed by atoms with van der Waals surface area (Å²) in [5.41, 5.74) is -0.622. The maximum atomic E-state index is 13.6. The molecule has 2 aliphatic rings. The molecule has 29 heavy (non-hydrogen) atoms. The lowest BCUT2D eigenvalue weighted by atomic mass is 10.0. The number of rotatable bonds is 11. The molecule has 0 bridgehead atoms. The van der Waals surface area contributed by atoms with Crippen molar-refractivity contribution in [1.82, 2.24) is 10.2 Å². The largest absolute Gasteiger partial charge is 0.486 e. The number of carbonyl (C=O) groups is 1. The average molecular weight is 426 g/mol. The molecule has 1 aromatic carbocycles. The van der Waals surface area contributed by atoms with E-state index in [4.69, 9.17) is 38.3 Å². The molecule has 0 radical (unpaired) electrons. The van der Waals surface area contributed by atoms with Crippen LogP contribution in [0.3, 0.4) is 0 Å². The summed E-state index contributed by atoms with van der Waals surface area (Å²) in [6.45, 7) is -10.3.